The molecule has 27 heavy (non-hydrogen) atoms. The largest absolute Gasteiger partial charge is 0.462 e. The lowest BCUT2D eigenvalue weighted by Crippen LogP contribution is -2.17. The number of aryl methyl sites for hydroxylation is 1. The molecule has 0 bridgehead atoms. The summed E-state index contributed by atoms with van der Waals surface area (Å²) in [7, 11) is 0. The summed E-state index contributed by atoms with van der Waals surface area (Å²) in [5.74, 6) is 0.301. The number of aromatic amines is 1. The highest BCUT2D eigenvalue weighted by Crippen LogP contribution is 2.22. The van der Waals surface area contributed by atoms with Crippen molar-refractivity contribution in [2.45, 2.75) is 13.8 Å². The van der Waals surface area contributed by atoms with E-state index in [4.69, 9.17) is 9.15 Å². The normalized spacial score (nSPS) is 10.9. The number of nitrogens with zero attached hydrogens (tertiary/aromatic N) is 2. The molecule has 0 spiro atoms. The fourth-order valence-electron chi connectivity index (χ4n) is 2.31. The molecule has 0 aliphatic heterocycles. The third kappa shape index (κ3) is 4.49. The second kappa shape index (κ2) is 8.13. The molecule has 0 unspecified atom stereocenters. The Hall–Kier alpha value is -3.68. The maximum atomic E-state index is 11.8. The number of hydrazone groups is 1. The molecule has 0 fully saturated rings. The summed E-state index contributed by atoms with van der Waals surface area (Å²) in [6, 6.07) is 12.0. The molecule has 138 valence electrons. The number of esters is 1. The van der Waals surface area contributed by atoms with Gasteiger partial charge in [-0.1, -0.05) is 12.1 Å². The highest BCUT2D eigenvalue weighted by Gasteiger charge is 2.09. The number of amides is 1. The average Bonchev–Trinajstić information content (AvgIpc) is 3.31. The number of aromatic nitrogens is 2. The summed E-state index contributed by atoms with van der Waals surface area (Å²) in [6.07, 6.45) is 1.40. The van der Waals surface area contributed by atoms with Gasteiger partial charge in [0.15, 0.2) is 5.69 Å². The lowest BCUT2D eigenvalue weighted by atomic mass is 10.1. The van der Waals surface area contributed by atoms with Crippen LogP contribution in [-0.4, -0.2) is 34.9 Å². The first-order valence-corrected chi connectivity index (χ1v) is 8.29. The van der Waals surface area contributed by atoms with Gasteiger partial charge in [-0.05, 0) is 44.2 Å². The van der Waals surface area contributed by atoms with Gasteiger partial charge >= 0.3 is 5.97 Å². The Bertz CT molecular complexity index is 970. The van der Waals surface area contributed by atoms with E-state index < -0.39 is 5.91 Å². The molecule has 2 aromatic heterocycles. The maximum absolute atomic E-state index is 11.8. The van der Waals surface area contributed by atoms with E-state index >= 15 is 0 Å². The molecule has 1 aromatic carbocycles. The maximum Gasteiger partial charge on any atom is 0.338 e. The van der Waals surface area contributed by atoms with E-state index in [1.165, 1.54) is 6.21 Å². The number of nitrogens with one attached hydrogen (secondary N) is 2. The van der Waals surface area contributed by atoms with Crippen LogP contribution in [0, 0.1) is 6.92 Å². The van der Waals surface area contributed by atoms with Crippen molar-refractivity contribution >= 4 is 18.1 Å². The number of benzene rings is 1. The Labute approximate surface area is 155 Å². The van der Waals surface area contributed by atoms with E-state index in [1.54, 1.807) is 56.3 Å². The van der Waals surface area contributed by atoms with Crippen molar-refractivity contribution in [2.75, 3.05) is 6.61 Å². The van der Waals surface area contributed by atoms with E-state index in [0.717, 1.165) is 11.3 Å². The molecule has 3 rings (SSSR count). The molecular weight excluding hydrogens is 348 g/mol. The monoisotopic (exact) mass is 366 g/mol. The number of hydrogen-bond acceptors (Lipinski definition) is 6. The number of H-pyrrole nitrogens is 1. The Kier molecular flexibility index (Phi) is 5.46. The SMILES string of the molecule is CCOC(=O)c1ccc(-c2ccc(C=NNC(=O)c3cc(C)[nH]n3)o2)cc1. The van der Waals surface area contributed by atoms with E-state index in [1.807, 2.05) is 0 Å². The Morgan fingerprint density at radius 2 is 2.04 bits per heavy atom. The molecule has 0 aliphatic rings. The van der Waals surface area contributed by atoms with Crippen LogP contribution in [0.4, 0.5) is 0 Å². The molecule has 2 heterocycles. The zero-order chi connectivity index (χ0) is 19.2. The van der Waals surface area contributed by atoms with Gasteiger partial charge in [0, 0.05) is 11.3 Å². The summed E-state index contributed by atoms with van der Waals surface area (Å²) in [4.78, 5) is 23.5. The van der Waals surface area contributed by atoms with Gasteiger partial charge in [-0.15, -0.1) is 0 Å². The second-order valence-corrected chi connectivity index (χ2v) is 5.64. The minimum absolute atomic E-state index is 0.256. The topological polar surface area (TPSA) is 110 Å². The first-order chi connectivity index (χ1) is 13.1. The number of carbonyl (C=O) groups excluding carboxylic acids is 2. The van der Waals surface area contributed by atoms with Gasteiger partial charge < -0.3 is 9.15 Å². The highest BCUT2D eigenvalue weighted by molar-refractivity contribution is 5.93. The molecule has 8 heteroatoms. The molecular formula is C19H18N4O4. The molecule has 1 amide bonds. The van der Waals surface area contributed by atoms with Gasteiger partial charge in [-0.2, -0.15) is 10.2 Å². The average molecular weight is 366 g/mol. The van der Waals surface area contributed by atoms with E-state index in [-0.39, 0.29) is 11.7 Å². The van der Waals surface area contributed by atoms with Crippen LogP contribution in [0.1, 0.15) is 39.2 Å². The van der Waals surface area contributed by atoms with Gasteiger partial charge in [0.1, 0.15) is 11.5 Å². The number of carbonyl (C=O) groups is 2. The summed E-state index contributed by atoms with van der Waals surface area (Å²) in [6.45, 7) is 3.89. The van der Waals surface area contributed by atoms with E-state index in [0.29, 0.717) is 23.7 Å². The summed E-state index contributed by atoms with van der Waals surface area (Å²) in [5.41, 5.74) is 4.70. The Morgan fingerprint density at radius 1 is 1.26 bits per heavy atom. The standard InChI is InChI=1S/C19H18N4O4/c1-3-26-19(25)14-6-4-13(5-7-14)17-9-8-15(27-17)11-20-23-18(24)16-10-12(2)21-22-16/h4-11H,3H2,1-2H3,(H,21,22)(H,23,24). The molecule has 0 atom stereocenters. The molecule has 2 N–H and O–H groups in total. The lowest BCUT2D eigenvalue weighted by Gasteiger charge is -2.02. The van der Waals surface area contributed by atoms with Gasteiger partial charge in [0.2, 0.25) is 0 Å². The minimum Gasteiger partial charge on any atom is -0.462 e. The smallest absolute Gasteiger partial charge is 0.338 e. The Morgan fingerprint density at radius 3 is 2.70 bits per heavy atom. The zero-order valence-electron chi connectivity index (χ0n) is 14.9. The van der Waals surface area contributed by atoms with Crippen LogP contribution < -0.4 is 5.43 Å². The lowest BCUT2D eigenvalue weighted by molar-refractivity contribution is 0.0526. The van der Waals surface area contributed by atoms with Crippen LogP contribution in [0.2, 0.25) is 0 Å². The minimum atomic E-state index is -0.420. The van der Waals surface area contributed by atoms with Gasteiger partial charge in [0.05, 0.1) is 18.4 Å². The number of rotatable bonds is 6. The van der Waals surface area contributed by atoms with Crippen molar-refractivity contribution in [3.05, 3.63) is 65.2 Å². The van der Waals surface area contributed by atoms with Crippen LogP contribution in [0.5, 0.6) is 0 Å². The van der Waals surface area contributed by atoms with E-state index in [9.17, 15) is 9.59 Å². The van der Waals surface area contributed by atoms with Crippen LogP contribution >= 0.6 is 0 Å². The van der Waals surface area contributed by atoms with Crippen molar-refractivity contribution in [1.29, 1.82) is 0 Å². The van der Waals surface area contributed by atoms with Crippen LogP contribution in [0.25, 0.3) is 11.3 Å². The third-order valence-corrected chi connectivity index (χ3v) is 3.60. The third-order valence-electron chi connectivity index (χ3n) is 3.60. The van der Waals surface area contributed by atoms with Gasteiger partial charge in [-0.3, -0.25) is 9.89 Å². The van der Waals surface area contributed by atoms with Crippen molar-refractivity contribution in [3.63, 3.8) is 0 Å². The van der Waals surface area contributed by atoms with Crippen LogP contribution in [0.3, 0.4) is 0 Å². The van der Waals surface area contributed by atoms with Crippen molar-refractivity contribution in [1.82, 2.24) is 15.6 Å². The van der Waals surface area contributed by atoms with Gasteiger partial charge in [0.25, 0.3) is 5.91 Å². The fraction of sp³-hybridized carbons (Fsp3) is 0.158. The zero-order valence-corrected chi connectivity index (χ0v) is 14.9. The summed E-state index contributed by atoms with van der Waals surface area (Å²) >= 11 is 0. The van der Waals surface area contributed by atoms with E-state index in [2.05, 4.69) is 20.7 Å². The molecule has 0 saturated heterocycles. The first-order valence-electron chi connectivity index (χ1n) is 8.29. The number of ether oxygens (including phenoxy) is 1. The van der Waals surface area contributed by atoms with Crippen molar-refractivity contribution in [2.24, 2.45) is 5.10 Å². The number of furan rings is 1. The van der Waals surface area contributed by atoms with Crippen molar-refractivity contribution < 1.29 is 18.7 Å². The summed E-state index contributed by atoms with van der Waals surface area (Å²) in [5, 5.41) is 10.4. The summed E-state index contributed by atoms with van der Waals surface area (Å²) < 4.78 is 10.6. The molecule has 0 saturated carbocycles. The molecule has 0 aliphatic carbocycles. The molecule has 3 aromatic rings. The molecule has 8 nitrogen and oxygen atoms in total. The van der Waals surface area contributed by atoms with Crippen LogP contribution in [0.15, 0.2) is 52.0 Å². The van der Waals surface area contributed by atoms with Gasteiger partial charge in [-0.25, -0.2) is 10.2 Å². The predicted octanol–water partition coefficient (Wildman–Crippen LogP) is 2.92. The molecule has 0 radical (unpaired) electrons. The fourth-order valence-corrected chi connectivity index (χ4v) is 2.31. The predicted molar refractivity (Wildman–Crippen MR) is 98.5 cm³/mol. The highest BCUT2D eigenvalue weighted by atomic mass is 16.5. The number of hydrogen-bond donors (Lipinski definition) is 2. The van der Waals surface area contributed by atoms with Crippen molar-refractivity contribution in [3.8, 4) is 11.3 Å². The quantitative estimate of drug-likeness (QED) is 0.396. The second-order valence-electron chi connectivity index (χ2n) is 5.64. The first kappa shape index (κ1) is 18.1. The van der Waals surface area contributed by atoms with Crippen LogP contribution in [-0.2, 0) is 4.74 Å². The Balaban J connectivity index is 1.62.